The number of phenolic OH excluding ortho intramolecular Hbond substituents is 1. The highest BCUT2D eigenvalue weighted by atomic mass is 35.5. The topological polar surface area (TPSA) is 51.2 Å². The SMILES string of the molecule is Cn1cc(Cl)c(Cl)c1-c1nc(Cl)c(-c2ccc(O)cc2)o1. The van der Waals surface area contributed by atoms with Crippen molar-refractivity contribution < 1.29 is 9.52 Å². The van der Waals surface area contributed by atoms with Crippen LogP contribution in [-0.2, 0) is 7.05 Å². The molecule has 0 spiro atoms. The fourth-order valence-electron chi connectivity index (χ4n) is 2.00. The first-order chi connectivity index (χ1) is 9.97. The van der Waals surface area contributed by atoms with Crippen LogP contribution in [0.5, 0.6) is 5.75 Å². The molecule has 7 heteroatoms. The molecule has 0 bridgehead atoms. The molecule has 0 saturated heterocycles. The highest BCUT2D eigenvalue weighted by Crippen LogP contribution is 2.38. The Hall–Kier alpha value is -1.62. The lowest BCUT2D eigenvalue weighted by molar-refractivity contribution is 0.475. The van der Waals surface area contributed by atoms with Gasteiger partial charge in [-0.3, -0.25) is 0 Å². The van der Waals surface area contributed by atoms with Gasteiger partial charge in [0.15, 0.2) is 10.9 Å². The van der Waals surface area contributed by atoms with E-state index in [0.29, 0.717) is 27.1 Å². The lowest BCUT2D eigenvalue weighted by atomic mass is 10.2. The number of hydrogen-bond acceptors (Lipinski definition) is 3. The second-order valence-corrected chi connectivity index (χ2v) is 5.58. The van der Waals surface area contributed by atoms with Crippen LogP contribution in [0, 0.1) is 0 Å². The average Bonchev–Trinajstić information content (AvgIpc) is 2.92. The van der Waals surface area contributed by atoms with Crippen LogP contribution in [0.15, 0.2) is 34.9 Å². The molecule has 0 amide bonds. The molecule has 1 aromatic carbocycles. The van der Waals surface area contributed by atoms with Crippen LogP contribution < -0.4 is 0 Å². The third-order valence-corrected chi connectivity index (χ3v) is 4.02. The number of aromatic nitrogens is 2. The number of oxazole rings is 1. The van der Waals surface area contributed by atoms with Gasteiger partial charge in [0, 0.05) is 18.8 Å². The summed E-state index contributed by atoms with van der Waals surface area (Å²) in [5, 5.41) is 10.3. The van der Waals surface area contributed by atoms with Crippen molar-refractivity contribution in [1.29, 1.82) is 0 Å². The lowest BCUT2D eigenvalue weighted by Crippen LogP contribution is -1.89. The molecule has 0 aliphatic carbocycles. The van der Waals surface area contributed by atoms with Gasteiger partial charge in [-0.2, -0.15) is 4.98 Å². The second-order valence-electron chi connectivity index (χ2n) is 4.44. The first-order valence-electron chi connectivity index (χ1n) is 5.94. The Balaban J connectivity index is 2.11. The molecule has 108 valence electrons. The Labute approximate surface area is 135 Å². The van der Waals surface area contributed by atoms with Gasteiger partial charge in [0.1, 0.15) is 11.4 Å². The molecule has 0 fully saturated rings. The van der Waals surface area contributed by atoms with Crippen LogP contribution in [0.1, 0.15) is 0 Å². The zero-order valence-corrected chi connectivity index (χ0v) is 13.0. The largest absolute Gasteiger partial charge is 0.508 e. The van der Waals surface area contributed by atoms with Gasteiger partial charge < -0.3 is 14.1 Å². The van der Waals surface area contributed by atoms with Crippen molar-refractivity contribution in [3.63, 3.8) is 0 Å². The molecule has 2 aromatic heterocycles. The number of halogens is 3. The minimum Gasteiger partial charge on any atom is -0.508 e. The first kappa shape index (κ1) is 14.3. The molecule has 3 rings (SSSR count). The molecule has 0 atom stereocenters. The molecule has 0 radical (unpaired) electrons. The fourth-order valence-corrected chi connectivity index (χ4v) is 2.72. The monoisotopic (exact) mass is 342 g/mol. The summed E-state index contributed by atoms with van der Waals surface area (Å²) in [6, 6.07) is 6.45. The summed E-state index contributed by atoms with van der Waals surface area (Å²) in [5.74, 6) is 0.842. The predicted octanol–water partition coefficient (Wildman–Crippen LogP) is 5.01. The van der Waals surface area contributed by atoms with E-state index in [9.17, 15) is 5.11 Å². The normalized spacial score (nSPS) is 11.0. The number of hydrogen-bond donors (Lipinski definition) is 1. The van der Waals surface area contributed by atoms with Crippen LogP contribution in [0.3, 0.4) is 0 Å². The molecule has 0 unspecified atom stereocenters. The van der Waals surface area contributed by atoms with E-state index < -0.39 is 0 Å². The predicted molar refractivity (Wildman–Crippen MR) is 83.0 cm³/mol. The van der Waals surface area contributed by atoms with Crippen molar-refractivity contribution in [3.05, 3.63) is 45.7 Å². The minimum atomic E-state index is 0.159. The third-order valence-electron chi connectivity index (χ3n) is 3.00. The summed E-state index contributed by atoms with van der Waals surface area (Å²) in [5.41, 5.74) is 1.25. The molecule has 3 aromatic rings. The highest BCUT2D eigenvalue weighted by molar-refractivity contribution is 6.43. The molecular formula is C14H9Cl3N2O2. The summed E-state index contributed by atoms with van der Waals surface area (Å²) >= 11 is 18.3. The van der Waals surface area contributed by atoms with Crippen molar-refractivity contribution >= 4 is 34.8 Å². The Bertz CT molecular complexity index is 806. The Kier molecular flexibility index (Phi) is 3.61. The van der Waals surface area contributed by atoms with Crippen molar-refractivity contribution in [2.75, 3.05) is 0 Å². The number of benzene rings is 1. The van der Waals surface area contributed by atoms with Crippen LogP contribution in [0.2, 0.25) is 15.2 Å². The number of aryl methyl sites for hydroxylation is 1. The van der Waals surface area contributed by atoms with E-state index in [-0.39, 0.29) is 16.8 Å². The van der Waals surface area contributed by atoms with Crippen LogP contribution in [0.25, 0.3) is 22.9 Å². The van der Waals surface area contributed by atoms with Crippen LogP contribution in [0.4, 0.5) is 0 Å². The molecule has 0 saturated carbocycles. The standard InChI is InChI=1S/C14H9Cl3N2O2/c1-19-6-9(15)10(16)11(19)14-18-13(17)12(21-14)7-2-4-8(20)5-3-7/h2-6,20H,1H3. The fraction of sp³-hybridized carbons (Fsp3) is 0.0714. The highest BCUT2D eigenvalue weighted by Gasteiger charge is 2.21. The molecule has 21 heavy (non-hydrogen) atoms. The Morgan fingerprint density at radius 3 is 2.38 bits per heavy atom. The van der Waals surface area contributed by atoms with Gasteiger partial charge >= 0.3 is 0 Å². The van der Waals surface area contributed by atoms with Gasteiger partial charge in [0.05, 0.1) is 10.0 Å². The van der Waals surface area contributed by atoms with E-state index in [1.54, 1.807) is 42.1 Å². The number of phenols is 1. The van der Waals surface area contributed by atoms with E-state index in [1.807, 2.05) is 0 Å². The molecule has 1 N–H and O–H groups in total. The van der Waals surface area contributed by atoms with Gasteiger partial charge in [-0.05, 0) is 24.3 Å². The van der Waals surface area contributed by atoms with Gasteiger partial charge in [-0.1, -0.05) is 34.8 Å². The summed E-state index contributed by atoms with van der Waals surface area (Å²) < 4.78 is 7.43. The maximum atomic E-state index is 9.32. The molecule has 0 aliphatic heterocycles. The van der Waals surface area contributed by atoms with Gasteiger partial charge in [-0.15, -0.1) is 0 Å². The van der Waals surface area contributed by atoms with Crippen LogP contribution >= 0.6 is 34.8 Å². The quantitative estimate of drug-likeness (QED) is 0.711. The number of rotatable bonds is 2. The van der Waals surface area contributed by atoms with Crippen molar-refractivity contribution in [1.82, 2.24) is 9.55 Å². The van der Waals surface area contributed by atoms with Crippen molar-refractivity contribution in [2.45, 2.75) is 0 Å². The van der Waals surface area contributed by atoms with Crippen molar-refractivity contribution in [2.24, 2.45) is 7.05 Å². The molecule has 0 aliphatic rings. The molecular weight excluding hydrogens is 335 g/mol. The zero-order chi connectivity index (χ0) is 15.1. The van der Waals surface area contributed by atoms with E-state index in [0.717, 1.165) is 0 Å². The van der Waals surface area contributed by atoms with E-state index in [4.69, 9.17) is 39.2 Å². The lowest BCUT2D eigenvalue weighted by Gasteiger charge is -1.99. The maximum Gasteiger partial charge on any atom is 0.246 e. The zero-order valence-electron chi connectivity index (χ0n) is 10.8. The molecule has 2 heterocycles. The molecule has 4 nitrogen and oxygen atoms in total. The number of nitrogens with zero attached hydrogens (tertiary/aromatic N) is 2. The van der Waals surface area contributed by atoms with E-state index >= 15 is 0 Å². The van der Waals surface area contributed by atoms with Crippen molar-refractivity contribution in [3.8, 4) is 28.7 Å². The van der Waals surface area contributed by atoms with E-state index in [1.165, 1.54) is 0 Å². The van der Waals surface area contributed by atoms with Gasteiger partial charge in [0.2, 0.25) is 5.89 Å². The van der Waals surface area contributed by atoms with Gasteiger partial charge in [0.25, 0.3) is 0 Å². The summed E-state index contributed by atoms with van der Waals surface area (Å²) in [7, 11) is 1.78. The Morgan fingerprint density at radius 2 is 1.81 bits per heavy atom. The Morgan fingerprint density at radius 1 is 1.14 bits per heavy atom. The third kappa shape index (κ3) is 2.50. The van der Waals surface area contributed by atoms with E-state index in [2.05, 4.69) is 4.98 Å². The first-order valence-corrected chi connectivity index (χ1v) is 7.07. The average molecular weight is 344 g/mol. The van der Waals surface area contributed by atoms with Crippen LogP contribution in [-0.4, -0.2) is 14.7 Å². The van der Waals surface area contributed by atoms with Gasteiger partial charge in [-0.25, -0.2) is 0 Å². The summed E-state index contributed by atoms with van der Waals surface area (Å²) in [4.78, 5) is 4.19. The summed E-state index contributed by atoms with van der Waals surface area (Å²) in [6.07, 6.45) is 1.66. The summed E-state index contributed by atoms with van der Waals surface area (Å²) in [6.45, 7) is 0. The number of aromatic hydroxyl groups is 1. The second kappa shape index (κ2) is 5.30. The maximum absolute atomic E-state index is 9.32. The minimum absolute atomic E-state index is 0.159. The smallest absolute Gasteiger partial charge is 0.246 e.